The van der Waals surface area contributed by atoms with Crippen molar-refractivity contribution in [3.05, 3.63) is 34.9 Å². The molecule has 1 aromatic rings. The zero-order valence-corrected chi connectivity index (χ0v) is 10.00. The summed E-state index contributed by atoms with van der Waals surface area (Å²) >= 11 is 5.81. The van der Waals surface area contributed by atoms with E-state index in [0.29, 0.717) is 0 Å². The summed E-state index contributed by atoms with van der Waals surface area (Å²) in [5.74, 6) is 0. The second-order valence-electron chi connectivity index (χ2n) is 3.78. The fourth-order valence-electron chi connectivity index (χ4n) is 1.41. The zero-order chi connectivity index (χ0) is 11.3. The molecule has 0 bridgehead atoms. The van der Waals surface area contributed by atoms with Crippen LogP contribution in [0.1, 0.15) is 31.4 Å². The van der Waals surface area contributed by atoms with Gasteiger partial charge in [-0.15, -0.1) is 0 Å². The Balaban J connectivity index is 2.46. The molecule has 0 amide bonds. The van der Waals surface area contributed by atoms with Gasteiger partial charge in [0.15, 0.2) is 0 Å². The number of hydrogen-bond donors (Lipinski definition) is 1. The van der Waals surface area contributed by atoms with E-state index in [1.807, 2.05) is 24.3 Å². The van der Waals surface area contributed by atoms with Gasteiger partial charge in [-0.3, -0.25) is 0 Å². The molecule has 2 N–H and O–H groups in total. The van der Waals surface area contributed by atoms with Crippen molar-refractivity contribution >= 4 is 11.6 Å². The van der Waals surface area contributed by atoms with Crippen LogP contribution in [-0.2, 0) is 4.74 Å². The van der Waals surface area contributed by atoms with Gasteiger partial charge in [-0.25, -0.2) is 0 Å². The molecule has 2 atom stereocenters. The third kappa shape index (κ3) is 4.20. The number of rotatable bonds is 5. The lowest BCUT2D eigenvalue weighted by atomic mass is 10.0. The second-order valence-corrected chi connectivity index (χ2v) is 4.22. The Morgan fingerprint density at radius 1 is 1.27 bits per heavy atom. The molecule has 0 saturated carbocycles. The van der Waals surface area contributed by atoms with Gasteiger partial charge in [0.05, 0.1) is 6.10 Å². The molecule has 2 nitrogen and oxygen atoms in total. The van der Waals surface area contributed by atoms with Gasteiger partial charge in [0, 0.05) is 18.2 Å². The number of ether oxygens (including phenoxy) is 1. The Hall–Kier alpha value is -0.570. The molecule has 0 radical (unpaired) electrons. The first-order chi connectivity index (χ1) is 7.13. The molecule has 0 heterocycles. The molecule has 3 heteroatoms. The molecule has 0 aromatic heterocycles. The third-order valence-electron chi connectivity index (χ3n) is 2.58. The van der Waals surface area contributed by atoms with E-state index < -0.39 is 0 Å². The second kappa shape index (κ2) is 6.11. The molecule has 0 spiro atoms. The molecular formula is C12H18ClNO. The van der Waals surface area contributed by atoms with Crippen molar-refractivity contribution in [1.82, 2.24) is 0 Å². The number of nitrogens with two attached hydrogens (primary N) is 1. The Bertz CT molecular complexity index is 286. The van der Waals surface area contributed by atoms with E-state index in [4.69, 9.17) is 22.1 Å². The predicted molar refractivity (Wildman–Crippen MR) is 64.1 cm³/mol. The summed E-state index contributed by atoms with van der Waals surface area (Å²) in [5.41, 5.74) is 7.18. The summed E-state index contributed by atoms with van der Waals surface area (Å²) in [6, 6.07) is 7.77. The minimum Gasteiger partial charge on any atom is -0.382 e. The number of benzene rings is 1. The maximum Gasteiger partial charge on any atom is 0.0543 e. The maximum absolute atomic E-state index is 6.05. The maximum atomic E-state index is 6.05. The molecule has 1 rings (SSSR count). The first kappa shape index (κ1) is 12.5. The van der Waals surface area contributed by atoms with Crippen LogP contribution >= 0.6 is 11.6 Å². The highest BCUT2D eigenvalue weighted by Gasteiger charge is 2.08. The summed E-state index contributed by atoms with van der Waals surface area (Å²) in [4.78, 5) is 0. The summed E-state index contributed by atoms with van der Waals surface area (Å²) < 4.78 is 5.18. The highest BCUT2D eigenvalue weighted by atomic mass is 35.5. The SMILES string of the molecule is COC(C)CCC(N)c1ccc(Cl)cc1. The highest BCUT2D eigenvalue weighted by molar-refractivity contribution is 6.30. The highest BCUT2D eigenvalue weighted by Crippen LogP contribution is 2.19. The normalized spacial score (nSPS) is 14.9. The van der Waals surface area contributed by atoms with Gasteiger partial charge in [-0.2, -0.15) is 0 Å². The van der Waals surface area contributed by atoms with Gasteiger partial charge < -0.3 is 10.5 Å². The van der Waals surface area contributed by atoms with E-state index in [2.05, 4.69) is 6.92 Å². The van der Waals surface area contributed by atoms with Gasteiger partial charge in [-0.1, -0.05) is 23.7 Å². The van der Waals surface area contributed by atoms with Crippen LogP contribution in [0.2, 0.25) is 5.02 Å². The van der Waals surface area contributed by atoms with Crippen LogP contribution in [0.4, 0.5) is 0 Å². The molecular weight excluding hydrogens is 210 g/mol. The Kier molecular flexibility index (Phi) is 5.09. The van der Waals surface area contributed by atoms with Gasteiger partial charge in [0.2, 0.25) is 0 Å². The van der Waals surface area contributed by atoms with Crippen LogP contribution in [0.3, 0.4) is 0 Å². The van der Waals surface area contributed by atoms with Crippen LogP contribution in [0, 0.1) is 0 Å². The largest absolute Gasteiger partial charge is 0.382 e. The monoisotopic (exact) mass is 227 g/mol. The minimum absolute atomic E-state index is 0.0693. The molecule has 0 aliphatic heterocycles. The minimum atomic E-state index is 0.0693. The van der Waals surface area contributed by atoms with E-state index in [1.165, 1.54) is 0 Å². The first-order valence-electron chi connectivity index (χ1n) is 5.17. The third-order valence-corrected chi connectivity index (χ3v) is 2.84. The van der Waals surface area contributed by atoms with Crippen molar-refractivity contribution in [2.45, 2.75) is 31.9 Å². The van der Waals surface area contributed by atoms with Gasteiger partial charge in [0.1, 0.15) is 0 Å². The molecule has 15 heavy (non-hydrogen) atoms. The van der Waals surface area contributed by atoms with E-state index in [0.717, 1.165) is 23.4 Å². The fourth-order valence-corrected chi connectivity index (χ4v) is 1.53. The lowest BCUT2D eigenvalue weighted by Crippen LogP contribution is -2.14. The number of methoxy groups -OCH3 is 1. The summed E-state index contributed by atoms with van der Waals surface area (Å²) in [7, 11) is 1.72. The van der Waals surface area contributed by atoms with E-state index in [-0.39, 0.29) is 12.1 Å². The quantitative estimate of drug-likeness (QED) is 0.839. The van der Waals surface area contributed by atoms with Crippen LogP contribution in [0.5, 0.6) is 0 Å². The lowest BCUT2D eigenvalue weighted by molar-refractivity contribution is 0.107. The predicted octanol–water partition coefficient (Wildman–Crippen LogP) is 3.15. The fraction of sp³-hybridized carbons (Fsp3) is 0.500. The van der Waals surface area contributed by atoms with Crippen molar-refractivity contribution in [2.24, 2.45) is 5.73 Å². The molecule has 2 unspecified atom stereocenters. The Labute approximate surface area is 96.4 Å². The van der Waals surface area contributed by atoms with Crippen molar-refractivity contribution in [2.75, 3.05) is 7.11 Å². The molecule has 1 aromatic carbocycles. The summed E-state index contributed by atoms with van der Waals surface area (Å²) in [6.45, 7) is 2.05. The molecule has 0 fully saturated rings. The molecule has 0 aliphatic carbocycles. The van der Waals surface area contributed by atoms with Crippen LogP contribution in [-0.4, -0.2) is 13.2 Å². The van der Waals surface area contributed by atoms with Crippen molar-refractivity contribution in [3.8, 4) is 0 Å². The molecule has 0 aliphatic rings. The van der Waals surface area contributed by atoms with Crippen molar-refractivity contribution in [1.29, 1.82) is 0 Å². The average Bonchev–Trinajstić information content (AvgIpc) is 2.26. The van der Waals surface area contributed by atoms with Gasteiger partial charge in [0.25, 0.3) is 0 Å². The molecule has 0 saturated heterocycles. The van der Waals surface area contributed by atoms with Crippen LogP contribution < -0.4 is 5.73 Å². The van der Waals surface area contributed by atoms with E-state index in [1.54, 1.807) is 7.11 Å². The number of hydrogen-bond acceptors (Lipinski definition) is 2. The van der Waals surface area contributed by atoms with Crippen LogP contribution in [0.25, 0.3) is 0 Å². The summed E-state index contributed by atoms with van der Waals surface area (Å²) in [5, 5.41) is 0.746. The van der Waals surface area contributed by atoms with E-state index >= 15 is 0 Å². The van der Waals surface area contributed by atoms with E-state index in [9.17, 15) is 0 Å². The van der Waals surface area contributed by atoms with Gasteiger partial charge in [-0.05, 0) is 37.5 Å². The van der Waals surface area contributed by atoms with Crippen molar-refractivity contribution < 1.29 is 4.74 Å². The van der Waals surface area contributed by atoms with Gasteiger partial charge >= 0.3 is 0 Å². The zero-order valence-electron chi connectivity index (χ0n) is 9.24. The molecule has 84 valence electrons. The number of halogens is 1. The standard InChI is InChI=1S/C12H18ClNO/c1-9(15-2)3-8-12(14)10-4-6-11(13)7-5-10/h4-7,9,12H,3,8,14H2,1-2H3. The lowest BCUT2D eigenvalue weighted by Gasteiger charge is -2.14. The average molecular weight is 228 g/mol. The van der Waals surface area contributed by atoms with Crippen molar-refractivity contribution in [3.63, 3.8) is 0 Å². The first-order valence-corrected chi connectivity index (χ1v) is 5.55. The Morgan fingerprint density at radius 2 is 1.87 bits per heavy atom. The topological polar surface area (TPSA) is 35.2 Å². The van der Waals surface area contributed by atoms with Crippen LogP contribution in [0.15, 0.2) is 24.3 Å². The smallest absolute Gasteiger partial charge is 0.0543 e. The summed E-state index contributed by atoms with van der Waals surface area (Å²) in [6.07, 6.45) is 2.17. The Morgan fingerprint density at radius 3 is 2.40 bits per heavy atom.